The van der Waals surface area contributed by atoms with Gasteiger partial charge < -0.3 is 10.5 Å². The van der Waals surface area contributed by atoms with Gasteiger partial charge in [0.25, 0.3) is 12.3 Å². The molecule has 1 aliphatic carbocycles. The number of aromatic nitrogens is 5. The summed E-state index contributed by atoms with van der Waals surface area (Å²) in [5, 5.41) is 4.23. The zero-order valence-corrected chi connectivity index (χ0v) is 29.4. The van der Waals surface area contributed by atoms with E-state index in [-0.39, 0.29) is 41.1 Å². The third-order valence-electron chi connectivity index (χ3n) is 8.94. The molecule has 0 spiro atoms. The number of hydrogen-bond donors (Lipinski definition) is 1. The fraction of sp³-hybridized carbons (Fsp3) is 0.424. The van der Waals surface area contributed by atoms with Crippen molar-refractivity contribution in [3.63, 3.8) is 0 Å². The van der Waals surface area contributed by atoms with Crippen LogP contribution in [0.2, 0.25) is 5.02 Å². The number of carbonyl (C=O) groups excluding carboxylic acids is 2. The van der Waals surface area contributed by atoms with E-state index in [1.165, 1.54) is 36.7 Å². The summed E-state index contributed by atoms with van der Waals surface area (Å²) in [5.41, 5.74) is 1.93. The van der Waals surface area contributed by atoms with Crippen molar-refractivity contribution in [1.29, 1.82) is 0 Å². The van der Waals surface area contributed by atoms with Crippen molar-refractivity contribution >= 4 is 41.0 Å². The molecule has 0 saturated heterocycles. The largest absolute Gasteiger partial charge is 0.463 e. The minimum atomic E-state index is -4.64. The van der Waals surface area contributed by atoms with Crippen LogP contribution in [0.25, 0.3) is 16.3 Å². The molecule has 2 aromatic carbocycles. The standard InChI is InChI=1S/C33H31ClF6N8O3S/c1-30(2,3)14-32(19-6-4-18(10-21(19)35)27-43-16-45-52-27)28(50)47(29(41)46-32)23(13-51-24(49)12-31(8-9-31)33(38,39)40)17-5-7-20(34)22(11-17)48-26(25(36)37)42-15-44-48/h4-7,10-11,15-16,23,25H,8-9,12-14H2,1-3H3,(H2,41,46)/t23-,32-/m1/s1. The Hall–Kier alpha value is -4.58. The molecule has 0 bridgehead atoms. The minimum absolute atomic E-state index is 0.0539. The van der Waals surface area contributed by atoms with E-state index in [9.17, 15) is 31.5 Å². The number of halogens is 7. The number of nitrogens with zero attached hydrogens (tertiary/aromatic N) is 7. The van der Waals surface area contributed by atoms with Crippen LogP contribution < -0.4 is 5.73 Å². The van der Waals surface area contributed by atoms with E-state index >= 15 is 4.39 Å². The molecule has 52 heavy (non-hydrogen) atoms. The Balaban J connectivity index is 1.43. The van der Waals surface area contributed by atoms with E-state index in [1.54, 1.807) is 6.07 Å². The van der Waals surface area contributed by atoms with Crippen molar-refractivity contribution in [3.8, 4) is 16.3 Å². The first-order valence-electron chi connectivity index (χ1n) is 15.8. The highest BCUT2D eigenvalue weighted by atomic mass is 35.5. The molecular formula is C33H31ClF6N8O3S. The van der Waals surface area contributed by atoms with Crippen LogP contribution in [0, 0.1) is 16.6 Å². The number of benzene rings is 2. The lowest BCUT2D eigenvalue weighted by molar-refractivity contribution is -0.195. The van der Waals surface area contributed by atoms with Crippen LogP contribution in [-0.4, -0.2) is 59.6 Å². The molecule has 3 heterocycles. The van der Waals surface area contributed by atoms with Crippen molar-refractivity contribution in [2.24, 2.45) is 21.6 Å². The van der Waals surface area contributed by atoms with Crippen molar-refractivity contribution < 1.29 is 40.7 Å². The van der Waals surface area contributed by atoms with E-state index in [4.69, 9.17) is 22.1 Å². The number of carbonyl (C=O) groups is 2. The number of esters is 1. The predicted octanol–water partition coefficient (Wildman–Crippen LogP) is 7.32. The normalized spacial score (nSPS) is 19.2. The van der Waals surface area contributed by atoms with Crippen molar-refractivity contribution in [1.82, 2.24) is 29.0 Å². The van der Waals surface area contributed by atoms with Crippen molar-refractivity contribution in [2.75, 3.05) is 6.61 Å². The Labute approximate surface area is 302 Å². The van der Waals surface area contributed by atoms with Crippen LogP contribution >= 0.6 is 23.1 Å². The van der Waals surface area contributed by atoms with Crippen molar-refractivity contribution in [2.45, 2.75) is 70.6 Å². The molecule has 2 N–H and O–H groups in total. The van der Waals surface area contributed by atoms with E-state index < -0.39 is 77.5 Å². The Bertz CT molecular complexity index is 2030. The Morgan fingerprint density at radius 3 is 2.42 bits per heavy atom. The van der Waals surface area contributed by atoms with Gasteiger partial charge in [0.2, 0.25) is 0 Å². The van der Waals surface area contributed by atoms with E-state index in [0.29, 0.717) is 10.6 Å². The third-order valence-corrected chi connectivity index (χ3v) is 9.97. The third kappa shape index (κ3) is 6.97. The van der Waals surface area contributed by atoms with Gasteiger partial charge in [-0.25, -0.2) is 32.8 Å². The summed E-state index contributed by atoms with van der Waals surface area (Å²) in [7, 11) is 0. The number of aliphatic imine (C=N–C) groups is 1. The molecule has 1 amide bonds. The molecule has 0 unspecified atom stereocenters. The van der Waals surface area contributed by atoms with Crippen LogP contribution in [0.1, 0.15) is 75.9 Å². The Kier molecular flexibility index (Phi) is 9.61. The summed E-state index contributed by atoms with van der Waals surface area (Å²) >= 11 is 7.44. The molecular weight excluding hydrogens is 738 g/mol. The molecule has 2 aliphatic rings. The molecule has 6 rings (SSSR count). The molecule has 0 radical (unpaired) electrons. The smallest absolute Gasteiger partial charge is 0.395 e. The van der Waals surface area contributed by atoms with E-state index in [0.717, 1.165) is 27.4 Å². The number of nitrogens with two attached hydrogens (primary N) is 1. The number of guanidine groups is 1. The molecule has 11 nitrogen and oxygen atoms in total. The average Bonchev–Trinajstić information content (AvgIpc) is 3.37. The van der Waals surface area contributed by atoms with Gasteiger partial charge in [-0.2, -0.15) is 22.6 Å². The molecule has 1 fully saturated rings. The molecule has 2 atom stereocenters. The lowest BCUT2D eigenvalue weighted by atomic mass is 9.75. The second-order valence-electron chi connectivity index (χ2n) is 13.9. The van der Waals surface area contributed by atoms with E-state index in [1.807, 2.05) is 20.8 Å². The maximum absolute atomic E-state index is 16.2. The van der Waals surface area contributed by atoms with E-state index in [2.05, 4.69) is 24.4 Å². The predicted molar refractivity (Wildman–Crippen MR) is 177 cm³/mol. The Morgan fingerprint density at radius 1 is 1.10 bits per heavy atom. The van der Waals surface area contributed by atoms with Gasteiger partial charge in [-0.3, -0.25) is 14.5 Å². The highest BCUT2D eigenvalue weighted by Gasteiger charge is 2.64. The van der Waals surface area contributed by atoms with Crippen molar-refractivity contribution in [3.05, 3.63) is 76.8 Å². The summed E-state index contributed by atoms with van der Waals surface area (Å²) in [6.07, 6.45) is -7.00. The molecule has 19 heteroatoms. The fourth-order valence-corrected chi connectivity index (χ4v) is 7.07. The van der Waals surface area contributed by atoms with Gasteiger partial charge in [-0.15, -0.1) is 0 Å². The van der Waals surface area contributed by atoms with Gasteiger partial charge >= 0.3 is 12.1 Å². The zero-order chi connectivity index (χ0) is 37.8. The first-order valence-corrected chi connectivity index (χ1v) is 17.0. The summed E-state index contributed by atoms with van der Waals surface area (Å²) in [5.74, 6) is -3.98. The van der Waals surface area contributed by atoms with Gasteiger partial charge in [0.05, 0.1) is 28.6 Å². The maximum Gasteiger partial charge on any atom is 0.395 e. The minimum Gasteiger partial charge on any atom is -0.463 e. The maximum atomic E-state index is 16.2. The summed E-state index contributed by atoms with van der Waals surface area (Å²) in [6, 6.07) is 6.73. The molecule has 4 aromatic rings. The number of alkyl halides is 5. The average molecular weight is 769 g/mol. The lowest BCUT2D eigenvalue weighted by Crippen LogP contribution is -2.47. The van der Waals surface area contributed by atoms with Crippen LogP contribution in [0.5, 0.6) is 0 Å². The number of amides is 1. The quantitative estimate of drug-likeness (QED) is 0.124. The summed E-state index contributed by atoms with van der Waals surface area (Å²) < 4.78 is 95.0. The highest BCUT2D eigenvalue weighted by molar-refractivity contribution is 7.09. The molecule has 2 aromatic heterocycles. The summed E-state index contributed by atoms with van der Waals surface area (Å²) in [4.78, 5) is 41.0. The molecule has 1 saturated carbocycles. The SMILES string of the molecule is CC(C)(C)C[C@]1(c2ccc(-c3ncns3)cc2F)N=C(N)N([C@H](COC(=O)CC2(C(F)(F)F)CC2)c2ccc(Cl)c(-n3ncnc3C(F)F)c2)C1=O. The van der Waals surface area contributed by atoms with Crippen LogP contribution in [0.15, 0.2) is 54.0 Å². The monoisotopic (exact) mass is 768 g/mol. The molecule has 1 aliphatic heterocycles. The van der Waals surface area contributed by atoms with Gasteiger partial charge in [0.15, 0.2) is 17.3 Å². The Morgan fingerprint density at radius 2 is 1.83 bits per heavy atom. The van der Waals surface area contributed by atoms with Gasteiger partial charge in [0.1, 0.15) is 30.1 Å². The first-order chi connectivity index (χ1) is 24.4. The van der Waals surface area contributed by atoms with Crippen LogP contribution in [-0.2, 0) is 19.9 Å². The highest BCUT2D eigenvalue weighted by Crippen LogP contribution is 2.60. The number of hydrogen-bond acceptors (Lipinski definition) is 10. The van der Waals surface area contributed by atoms with Gasteiger partial charge in [0, 0.05) is 11.1 Å². The fourth-order valence-electron chi connectivity index (χ4n) is 6.35. The topological polar surface area (TPSA) is 141 Å². The molecule has 276 valence electrons. The second-order valence-corrected chi connectivity index (χ2v) is 15.1. The number of ether oxygens (including phenoxy) is 1. The second kappa shape index (κ2) is 13.4. The summed E-state index contributed by atoms with van der Waals surface area (Å²) in [6.45, 7) is 4.68. The van der Waals surface area contributed by atoms with Gasteiger partial charge in [-0.1, -0.05) is 50.6 Å². The zero-order valence-electron chi connectivity index (χ0n) is 27.8. The van der Waals surface area contributed by atoms with Gasteiger partial charge in [-0.05, 0) is 60.0 Å². The lowest BCUT2D eigenvalue weighted by Gasteiger charge is -2.35. The van der Waals surface area contributed by atoms with Crippen LogP contribution in [0.4, 0.5) is 26.3 Å². The van der Waals surface area contributed by atoms with Crippen LogP contribution in [0.3, 0.4) is 0 Å². The first kappa shape index (κ1) is 37.2. The number of rotatable bonds is 11.